The van der Waals surface area contributed by atoms with Crippen LogP contribution in [0.5, 0.6) is 0 Å². The molecule has 0 aliphatic carbocycles. The summed E-state index contributed by atoms with van der Waals surface area (Å²) in [5.74, 6) is 0. The Hall–Kier alpha value is -1.42. The molecule has 2 rings (SSSR count). The van der Waals surface area contributed by atoms with Crippen molar-refractivity contribution in [1.82, 2.24) is 9.55 Å². The second-order valence-corrected chi connectivity index (χ2v) is 9.46. The largest absolute Gasteiger partial charge is 0.394 e. The van der Waals surface area contributed by atoms with Gasteiger partial charge >= 0.3 is 12.4 Å². The highest BCUT2D eigenvalue weighted by Gasteiger charge is 2.49. The average Bonchev–Trinajstić information content (AvgIpc) is 3.06. The molecule has 1 aromatic rings. The van der Waals surface area contributed by atoms with Gasteiger partial charge in [0.15, 0.2) is 6.23 Å². The van der Waals surface area contributed by atoms with Crippen LogP contribution in [0.4, 0.5) is 0 Å². The SMILES string of the molecule is [C-]#[N+]CCOP(=S)(OCCC)OC1[C@@H](CO)O[C@@H](n2cc(C)c(=O)[nH]c2=O)[C@H]1OC. The van der Waals surface area contributed by atoms with Gasteiger partial charge in [0.2, 0.25) is 6.54 Å². The summed E-state index contributed by atoms with van der Waals surface area (Å²) in [4.78, 5) is 29.4. The van der Waals surface area contributed by atoms with Crippen LogP contribution in [0, 0.1) is 13.5 Å². The zero-order valence-electron chi connectivity index (χ0n) is 17.0. The lowest BCUT2D eigenvalue weighted by molar-refractivity contribution is -0.0626. The number of nitrogens with zero attached hydrogens (tertiary/aromatic N) is 2. The van der Waals surface area contributed by atoms with Gasteiger partial charge in [0.25, 0.3) is 5.56 Å². The minimum Gasteiger partial charge on any atom is -0.394 e. The zero-order valence-corrected chi connectivity index (χ0v) is 18.7. The van der Waals surface area contributed by atoms with Gasteiger partial charge in [-0.3, -0.25) is 18.9 Å². The van der Waals surface area contributed by atoms with Crippen LogP contribution in [0.25, 0.3) is 4.85 Å². The molecule has 1 aliphatic rings. The Morgan fingerprint density at radius 1 is 1.37 bits per heavy atom. The standard InChI is InChI=1S/C17H26N3O8PS/c1-5-7-25-29(30,26-8-6-18-3)28-13-12(10-21)27-16(14(13)24-4)20-9-11(2)15(22)19-17(20)23/h9,12-14,16,21H,5-8,10H2,1-2,4H3,(H,19,22,23)/t12-,13?,14+,16-,29?/m1/s1. The number of ether oxygens (including phenoxy) is 2. The molecule has 11 nitrogen and oxygen atoms in total. The van der Waals surface area contributed by atoms with Gasteiger partial charge in [-0.05, 0) is 25.2 Å². The van der Waals surface area contributed by atoms with Crippen molar-refractivity contribution in [3.63, 3.8) is 0 Å². The van der Waals surface area contributed by atoms with Crippen molar-refractivity contribution in [2.75, 3.05) is 33.5 Å². The van der Waals surface area contributed by atoms with Gasteiger partial charge in [-0.2, -0.15) is 0 Å². The Kier molecular flexibility index (Phi) is 9.33. The van der Waals surface area contributed by atoms with E-state index in [0.29, 0.717) is 12.0 Å². The minimum atomic E-state index is -3.29. The van der Waals surface area contributed by atoms with Gasteiger partial charge in [0.1, 0.15) is 24.9 Å². The van der Waals surface area contributed by atoms with Crippen molar-refractivity contribution in [2.45, 2.75) is 44.8 Å². The second kappa shape index (κ2) is 11.3. The molecular formula is C17H26N3O8PS. The first-order valence-corrected chi connectivity index (χ1v) is 11.9. The maximum absolute atomic E-state index is 12.3. The molecule has 2 N–H and O–H groups in total. The Morgan fingerprint density at radius 3 is 2.67 bits per heavy atom. The van der Waals surface area contributed by atoms with E-state index in [1.165, 1.54) is 17.9 Å². The van der Waals surface area contributed by atoms with E-state index in [9.17, 15) is 14.7 Å². The lowest BCUT2D eigenvalue weighted by atomic mass is 10.1. The van der Waals surface area contributed by atoms with Crippen molar-refractivity contribution in [2.24, 2.45) is 0 Å². The molecular weight excluding hydrogens is 437 g/mol. The van der Waals surface area contributed by atoms with Gasteiger partial charge < -0.3 is 28.5 Å². The number of methoxy groups -OCH3 is 1. The monoisotopic (exact) mass is 463 g/mol. The molecule has 30 heavy (non-hydrogen) atoms. The maximum Gasteiger partial charge on any atom is 0.330 e. The van der Waals surface area contributed by atoms with Crippen LogP contribution in [0.2, 0.25) is 0 Å². The first-order valence-electron chi connectivity index (χ1n) is 9.32. The number of nitrogens with one attached hydrogen (secondary N) is 1. The second-order valence-electron chi connectivity index (χ2n) is 6.49. The van der Waals surface area contributed by atoms with Crippen LogP contribution >= 0.6 is 6.72 Å². The van der Waals surface area contributed by atoms with E-state index in [4.69, 9.17) is 41.4 Å². The van der Waals surface area contributed by atoms with Crippen LogP contribution in [0.1, 0.15) is 25.1 Å². The van der Waals surface area contributed by atoms with Gasteiger partial charge in [0, 0.05) is 18.9 Å². The van der Waals surface area contributed by atoms with Gasteiger partial charge in [-0.1, -0.05) is 6.92 Å². The van der Waals surface area contributed by atoms with Crippen LogP contribution in [-0.4, -0.2) is 66.4 Å². The summed E-state index contributed by atoms with van der Waals surface area (Å²) in [6.45, 7) is 7.00. The van der Waals surface area contributed by atoms with E-state index in [2.05, 4.69) is 9.83 Å². The fourth-order valence-electron chi connectivity index (χ4n) is 2.88. The minimum absolute atomic E-state index is 0.0293. The topological polar surface area (TPSA) is 126 Å². The number of aromatic amines is 1. The van der Waals surface area contributed by atoms with Gasteiger partial charge in [0.05, 0.1) is 13.2 Å². The Labute approximate surface area is 178 Å². The summed E-state index contributed by atoms with van der Waals surface area (Å²) in [5.41, 5.74) is -0.895. The normalized spacial score (nSPS) is 25.7. The molecule has 0 spiro atoms. The first kappa shape index (κ1) is 24.8. The number of hydrogen-bond donors (Lipinski definition) is 2. The van der Waals surface area contributed by atoms with Gasteiger partial charge in [-0.15, -0.1) is 0 Å². The molecule has 0 amide bonds. The van der Waals surface area contributed by atoms with Crippen molar-refractivity contribution in [3.8, 4) is 0 Å². The summed E-state index contributed by atoms with van der Waals surface area (Å²) in [5, 5.41) is 9.82. The highest BCUT2D eigenvalue weighted by Crippen LogP contribution is 2.53. The van der Waals surface area contributed by atoms with E-state index < -0.39 is 49.1 Å². The van der Waals surface area contributed by atoms with E-state index >= 15 is 0 Å². The molecule has 168 valence electrons. The molecule has 0 radical (unpaired) electrons. The third kappa shape index (κ3) is 5.84. The van der Waals surface area contributed by atoms with Crippen LogP contribution in [0.15, 0.2) is 15.8 Å². The molecule has 2 heterocycles. The van der Waals surface area contributed by atoms with Crippen LogP contribution in [-0.2, 0) is 34.9 Å². The average molecular weight is 463 g/mol. The molecule has 0 aromatic carbocycles. The number of H-pyrrole nitrogens is 1. The predicted octanol–water partition coefficient (Wildman–Crippen LogP) is 0.722. The van der Waals surface area contributed by atoms with Crippen molar-refractivity contribution in [1.29, 1.82) is 0 Å². The van der Waals surface area contributed by atoms with E-state index in [0.717, 1.165) is 0 Å². The van der Waals surface area contributed by atoms with Crippen molar-refractivity contribution >= 4 is 18.5 Å². The summed E-state index contributed by atoms with van der Waals surface area (Å²) >= 11 is 5.47. The summed E-state index contributed by atoms with van der Waals surface area (Å²) in [6.07, 6.45) is -1.64. The summed E-state index contributed by atoms with van der Waals surface area (Å²) in [7, 11) is 1.40. The predicted molar refractivity (Wildman–Crippen MR) is 111 cm³/mol. The first-order chi connectivity index (χ1) is 14.3. The number of aryl methyl sites for hydroxylation is 1. The Bertz CT molecular complexity index is 913. The molecule has 1 aliphatic heterocycles. The maximum atomic E-state index is 12.3. The molecule has 0 saturated carbocycles. The van der Waals surface area contributed by atoms with Crippen molar-refractivity contribution < 1.29 is 28.2 Å². The molecule has 1 fully saturated rings. The quantitative estimate of drug-likeness (QED) is 0.277. The van der Waals surface area contributed by atoms with E-state index in [1.54, 1.807) is 6.92 Å². The lowest BCUT2D eigenvalue weighted by Gasteiger charge is -2.29. The third-order valence-corrected chi connectivity index (χ3v) is 6.70. The fraction of sp³-hybridized carbons (Fsp3) is 0.706. The summed E-state index contributed by atoms with van der Waals surface area (Å²) in [6, 6.07) is 0. The van der Waals surface area contributed by atoms with E-state index in [-0.39, 0.29) is 19.8 Å². The Balaban J connectivity index is 2.34. The van der Waals surface area contributed by atoms with Crippen LogP contribution < -0.4 is 11.2 Å². The molecule has 1 saturated heterocycles. The molecule has 1 aromatic heterocycles. The van der Waals surface area contributed by atoms with E-state index in [1.807, 2.05) is 6.92 Å². The lowest BCUT2D eigenvalue weighted by Crippen LogP contribution is -2.40. The Morgan fingerprint density at radius 2 is 2.07 bits per heavy atom. The molecule has 0 bridgehead atoms. The third-order valence-electron chi connectivity index (χ3n) is 4.31. The summed E-state index contributed by atoms with van der Waals surface area (Å²) < 4.78 is 29.7. The number of aromatic nitrogens is 2. The van der Waals surface area contributed by atoms with Crippen molar-refractivity contribution in [3.05, 3.63) is 44.0 Å². The highest BCUT2D eigenvalue weighted by atomic mass is 32.5. The molecule has 13 heteroatoms. The molecule has 2 unspecified atom stereocenters. The number of aliphatic hydroxyl groups excluding tert-OH is 1. The van der Waals surface area contributed by atoms with Gasteiger partial charge in [-0.25, -0.2) is 11.4 Å². The number of rotatable bonds is 11. The zero-order chi connectivity index (χ0) is 22.3. The highest BCUT2D eigenvalue weighted by molar-refractivity contribution is 8.07. The number of aliphatic hydroxyl groups is 1. The fourth-order valence-corrected chi connectivity index (χ4v) is 5.09. The smallest absolute Gasteiger partial charge is 0.330 e. The molecule has 5 atom stereocenters. The number of hydrogen-bond acceptors (Lipinski definition) is 9. The van der Waals surface area contributed by atoms with Crippen LogP contribution in [0.3, 0.4) is 0 Å².